The summed E-state index contributed by atoms with van der Waals surface area (Å²) in [6.45, 7) is 3.03. The van der Waals surface area contributed by atoms with Crippen molar-refractivity contribution in [3.05, 3.63) is 35.4 Å². The molecule has 1 aliphatic rings. The zero-order valence-corrected chi connectivity index (χ0v) is 8.98. The molecule has 1 amide bonds. The van der Waals surface area contributed by atoms with Gasteiger partial charge in [0.25, 0.3) is 5.91 Å². The van der Waals surface area contributed by atoms with Crippen molar-refractivity contribution in [2.45, 2.75) is 0 Å². The van der Waals surface area contributed by atoms with Gasteiger partial charge in [-0.1, -0.05) is 18.2 Å². The minimum Gasteiger partial charge on any atom is -0.336 e. The number of rotatable bonds is 2. The summed E-state index contributed by atoms with van der Waals surface area (Å²) >= 11 is 0. The Hall–Kier alpha value is -1.68. The predicted octanol–water partition coefficient (Wildman–Crippen LogP) is 0.544. The maximum atomic E-state index is 12.1. The van der Waals surface area contributed by atoms with Gasteiger partial charge in [0.05, 0.1) is 5.56 Å². The quantitative estimate of drug-likeness (QED) is 0.737. The maximum Gasteiger partial charge on any atom is 0.254 e. The summed E-state index contributed by atoms with van der Waals surface area (Å²) in [5, 5.41) is 3.19. The van der Waals surface area contributed by atoms with Crippen molar-refractivity contribution in [2.75, 3.05) is 26.2 Å². The molecular formula is C12H14N2O2. The van der Waals surface area contributed by atoms with E-state index in [1.54, 1.807) is 29.2 Å². The van der Waals surface area contributed by atoms with Crippen molar-refractivity contribution in [1.82, 2.24) is 10.2 Å². The van der Waals surface area contributed by atoms with Crippen molar-refractivity contribution in [1.29, 1.82) is 0 Å². The molecule has 1 aromatic carbocycles. The van der Waals surface area contributed by atoms with Crippen LogP contribution in [0.3, 0.4) is 0 Å². The number of hydrogen-bond donors (Lipinski definition) is 1. The van der Waals surface area contributed by atoms with Gasteiger partial charge in [-0.15, -0.1) is 0 Å². The number of nitrogens with zero attached hydrogens (tertiary/aromatic N) is 1. The molecule has 0 aliphatic carbocycles. The van der Waals surface area contributed by atoms with Crippen molar-refractivity contribution in [3.63, 3.8) is 0 Å². The molecule has 4 heteroatoms. The minimum atomic E-state index is -0.0517. The molecule has 0 unspecified atom stereocenters. The monoisotopic (exact) mass is 218 g/mol. The molecule has 4 nitrogen and oxygen atoms in total. The van der Waals surface area contributed by atoms with E-state index in [4.69, 9.17) is 0 Å². The molecule has 0 aromatic heterocycles. The van der Waals surface area contributed by atoms with Crippen LogP contribution in [-0.2, 0) is 0 Å². The van der Waals surface area contributed by atoms with E-state index >= 15 is 0 Å². The Bertz CT molecular complexity index is 398. The normalized spacial score (nSPS) is 15.9. The van der Waals surface area contributed by atoms with Crippen molar-refractivity contribution in [2.24, 2.45) is 0 Å². The third-order valence-corrected chi connectivity index (χ3v) is 2.72. The Balaban J connectivity index is 2.22. The van der Waals surface area contributed by atoms with Gasteiger partial charge < -0.3 is 10.2 Å². The molecule has 0 radical (unpaired) electrons. The van der Waals surface area contributed by atoms with Crippen molar-refractivity contribution in [3.8, 4) is 0 Å². The molecule has 16 heavy (non-hydrogen) atoms. The number of hydrogen-bond acceptors (Lipinski definition) is 3. The summed E-state index contributed by atoms with van der Waals surface area (Å²) in [7, 11) is 0. The average molecular weight is 218 g/mol. The Kier molecular flexibility index (Phi) is 3.31. The molecule has 2 rings (SSSR count). The van der Waals surface area contributed by atoms with Crippen LogP contribution in [-0.4, -0.2) is 43.3 Å². The number of piperazine rings is 1. The van der Waals surface area contributed by atoms with Gasteiger partial charge in [-0.05, 0) is 6.07 Å². The van der Waals surface area contributed by atoms with E-state index in [1.807, 2.05) is 0 Å². The minimum absolute atomic E-state index is 0.0517. The molecule has 84 valence electrons. The summed E-state index contributed by atoms with van der Waals surface area (Å²) in [5.74, 6) is -0.0517. The molecule has 0 bridgehead atoms. The van der Waals surface area contributed by atoms with Crippen LogP contribution in [0.25, 0.3) is 0 Å². The second-order valence-electron chi connectivity index (χ2n) is 3.75. The van der Waals surface area contributed by atoms with Gasteiger partial charge in [0.2, 0.25) is 0 Å². The molecular weight excluding hydrogens is 204 g/mol. The molecule has 1 aliphatic heterocycles. The smallest absolute Gasteiger partial charge is 0.254 e. The van der Waals surface area contributed by atoms with E-state index in [1.165, 1.54) is 0 Å². The standard InChI is InChI=1S/C12H14N2O2/c15-9-10-3-1-2-4-11(10)12(16)14-7-5-13-6-8-14/h1-4,9,13H,5-8H2. The number of carbonyl (C=O) groups is 2. The zero-order valence-electron chi connectivity index (χ0n) is 8.98. The lowest BCUT2D eigenvalue weighted by Gasteiger charge is -2.27. The third kappa shape index (κ3) is 2.12. The first-order valence-corrected chi connectivity index (χ1v) is 5.37. The van der Waals surface area contributed by atoms with Crippen LogP contribution in [0.4, 0.5) is 0 Å². The average Bonchev–Trinajstić information content (AvgIpc) is 2.39. The van der Waals surface area contributed by atoms with Crippen LogP contribution in [0.2, 0.25) is 0 Å². The second kappa shape index (κ2) is 4.90. The highest BCUT2D eigenvalue weighted by molar-refractivity contribution is 6.01. The summed E-state index contributed by atoms with van der Waals surface area (Å²) in [5.41, 5.74) is 0.963. The molecule has 1 fully saturated rings. The van der Waals surface area contributed by atoms with Crippen LogP contribution in [0.5, 0.6) is 0 Å². The van der Waals surface area contributed by atoms with E-state index in [-0.39, 0.29) is 5.91 Å². The highest BCUT2D eigenvalue weighted by Gasteiger charge is 2.19. The van der Waals surface area contributed by atoms with Gasteiger partial charge in [0, 0.05) is 31.7 Å². The Morgan fingerprint density at radius 3 is 2.62 bits per heavy atom. The van der Waals surface area contributed by atoms with E-state index < -0.39 is 0 Å². The second-order valence-corrected chi connectivity index (χ2v) is 3.75. The van der Waals surface area contributed by atoms with Gasteiger partial charge in [-0.3, -0.25) is 9.59 Å². The van der Waals surface area contributed by atoms with E-state index in [9.17, 15) is 9.59 Å². The van der Waals surface area contributed by atoms with E-state index in [2.05, 4.69) is 5.32 Å². The number of nitrogens with one attached hydrogen (secondary N) is 1. The first-order valence-electron chi connectivity index (χ1n) is 5.37. The fraction of sp³-hybridized carbons (Fsp3) is 0.333. The largest absolute Gasteiger partial charge is 0.336 e. The van der Waals surface area contributed by atoms with Crippen molar-refractivity contribution >= 4 is 12.2 Å². The van der Waals surface area contributed by atoms with Crippen LogP contribution in [0.1, 0.15) is 20.7 Å². The highest BCUT2D eigenvalue weighted by atomic mass is 16.2. The summed E-state index contributed by atoms with van der Waals surface area (Å²) < 4.78 is 0. The SMILES string of the molecule is O=Cc1ccccc1C(=O)N1CCNCC1. The van der Waals surface area contributed by atoms with Crippen LogP contribution in [0, 0.1) is 0 Å². The van der Waals surface area contributed by atoms with Gasteiger partial charge >= 0.3 is 0 Å². The number of amides is 1. The van der Waals surface area contributed by atoms with Gasteiger partial charge in [0.15, 0.2) is 6.29 Å². The van der Waals surface area contributed by atoms with Crippen LogP contribution in [0.15, 0.2) is 24.3 Å². The summed E-state index contributed by atoms with van der Waals surface area (Å²) in [6.07, 6.45) is 0.732. The maximum absolute atomic E-state index is 12.1. The highest BCUT2D eigenvalue weighted by Crippen LogP contribution is 2.10. The van der Waals surface area contributed by atoms with Crippen LogP contribution >= 0.6 is 0 Å². The summed E-state index contributed by atoms with van der Waals surface area (Å²) in [4.78, 5) is 24.7. The predicted molar refractivity (Wildman–Crippen MR) is 60.6 cm³/mol. The first kappa shape index (κ1) is 10.8. The molecule has 0 spiro atoms. The number of aldehydes is 1. The lowest BCUT2D eigenvalue weighted by Crippen LogP contribution is -2.46. The fourth-order valence-corrected chi connectivity index (χ4v) is 1.83. The fourth-order valence-electron chi connectivity index (χ4n) is 1.83. The van der Waals surface area contributed by atoms with E-state index in [0.717, 1.165) is 19.4 Å². The molecule has 0 saturated carbocycles. The summed E-state index contributed by atoms with van der Waals surface area (Å²) in [6, 6.07) is 6.91. The topological polar surface area (TPSA) is 49.4 Å². The number of carbonyl (C=O) groups excluding carboxylic acids is 2. The van der Waals surface area contributed by atoms with Gasteiger partial charge in [0.1, 0.15) is 0 Å². The van der Waals surface area contributed by atoms with Gasteiger partial charge in [-0.25, -0.2) is 0 Å². The molecule has 0 atom stereocenters. The number of benzene rings is 1. The first-order chi connectivity index (χ1) is 7.83. The zero-order chi connectivity index (χ0) is 11.4. The third-order valence-electron chi connectivity index (χ3n) is 2.72. The Morgan fingerprint density at radius 1 is 1.25 bits per heavy atom. The van der Waals surface area contributed by atoms with E-state index in [0.29, 0.717) is 24.2 Å². The Morgan fingerprint density at radius 2 is 1.94 bits per heavy atom. The molecule has 1 aromatic rings. The molecule has 1 saturated heterocycles. The Labute approximate surface area is 94.2 Å². The molecule has 1 heterocycles. The lowest BCUT2D eigenvalue weighted by atomic mass is 10.1. The van der Waals surface area contributed by atoms with Crippen LogP contribution < -0.4 is 5.32 Å². The lowest BCUT2D eigenvalue weighted by molar-refractivity contribution is 0.0733. The van der Waals surface area contributed by atoms with Gasteiger partial charge in [-0.2, -0.15) is 0 Å². The molecule has 1 N–H and O–H groups in total. The van der Waals surface area contributed by atoms with Crippen molar-refractivity contribution < 1.29 is 9.59 Å².